The van der Waals surface area contributed by atoms with Crippen LogP contribution in [0.4, 0.5) is 5.82 Å². The summed E-state index contributed by atoms with van der Waals surface area (Å²) in [4.78, 5) is 37.4. The number of carbonyl (C=O) groups excluding carboxylic acids is 1. The quantitative estimate of drug-likeness (QED) is 0.703. The third-order valence-corrected chi connectivity index (χ3v) is 4.22. The molecule has 1 amide bonds. The number of anilines is 1. The number of likely N-dealkylation sites (tertiary alicyclic amines) is 1. The van der Waals surface area contributed by atoms with Gasteiger partial charge in [0.2, 0.25) is 5.91 Å². The van der Waals surface area contributed by atoms with Gasteiger partial charge in [0, 0.05) is 0 Å². The van der Waals surface area contributed by atoms with Crippen LogP contribution in [0.2, 0.25) is 0 Å². The van der Waals surface area contributed by atoms with Gasteiger partial charge in [0.25, 0.3) is 0 Å². The number of nitrogens with zero attached hydrogens (tertiary/aromatic N) is 5. The summed E-state index contributed by atoms with van der Waals surface area (Å²) in [5.74, 6) is 4.63. The van der Waals surface area contributed by atoms with Crippen molar-refractivity contribution in [3.05, 3.63) is 12.7 Å². The highest BCUT2D eigenvalue weighted by Gasteiger charge is 2.48. The first-order valence-electron chi connectivity index (χ1n) is 7.02. The molecule has 2 aromatic rings. The van der Waals surface area contributed by atoms with Crippen molar-refractivity contribution in [3.8, 4) is 11.8 Å². The molecular weight excluding hydrogens is 300 g/mol. The molecule has 0 radical (unpaired) electrons. The Morgan fingerprint density at radius 2 is 2.17 bits per heavy atom. The second-order valence-corrected chi connectivity index (χ2v) is 5.53. The van der Waals surface area contributed by atoms with E-state index in [1.54, 1.807) is 0 Å². The van der Waals surface area contributed by atoms with Gasteiger partial charge in [-0.3, -0.25) is 4.79 Å². The smallest absolute Gasteiger partial charge is 0.326 e. The number of nitrogens with two attached hydrogens (primary N) is 1. The molecule has 0 aromatic carbocycles. The van der Waals surface area contributed by atoms with Crippen LogP contribution in [0.15, 0.2) is 12.7 Å². The van der Waals surface area contributed by atoms with Crippen LogP contribution in [0.1, 0.15) is 6.42 Å². The summed E-state index contributed by atoms with van der Waals surface area (Å²) in [5, 5.41) is 9.32. The first-order valence-corrected chi connectivity index (χ1v) is 7.02. The lowest BCUT2D eigenvalue weighted by Crippen LogP contribution is -2.47. The summed E-state index contributed by atoms with van der Waals surface area (Å²) >= 11 is 0. The molecule has 23 heavy (non-hydrogen) atoms. The average molecular weight is 312 g/mol. The molecule has 116 valence electrons. The largest absolute Gasteiger partial charge is 0.480 e. The number of carboxylic acids is 1. The molecule has 0 saturated carbocycles. The fourth-order valence-electron chi connectivity index (χ4n) is 3.07. The standard InChI is InChI=1S/C14H12N6O3/c15-12-11-13(17-5-16-12)19(6-18-11)4-10(21)20-8-2-1-7(8)3-9(20)14(22)23/h5-9H,3-4H2,(H,22,23)(H2,15,16,17)/t7-,8-,9+/m1/s1. The van der Waals surface area contributed by atoms with E-state index in [1.165, 1.54) is 22.1 Å². The summed E-state index contributed by atoms with van der Waals surface area (Å²) < 4.78 is 1.54. The van der Waals surface area contributed by atoms with Gasteiger partial charge in [-0.1, -0.05) is 11.8 Å². The van der Waals surface area contributed by atoms with E-state index in [0.717, 1.165) is 0 Å². The minimum atomic E-state index is -1.02. The van der Waals surface area contributed by atoms with Crippen LogP contribution < -0.4 is 5.73 Å². The molecule has 3 N–H and O–H groups in total. The van der Waals surface area contributed by atoms with Gasteiger partial charge < -0.3 is 20.3 Å². The summed E-state index contributed by atoms with van der Waals surface area (Å²) in [6.45, 7) is -0.0678. The number of fused-ring (bicyclic) bond motifs is 2. The molecule has 2 aliphatic rings. The molecule has 1 aliphatic carbocycles. The summed E-state index contributed by atoms with van der Waals surface area (Å²) in [7, 11) is 0. The lowest BCUT2D eigenvalue weighted by Gasteiger charge is -2.28. The zero-order chi connectivity index (χ0) is 16.1. The van der Waals surface area contributed by atoms with Gasteiger partial charge >= 0.3 is 5.97 Å². The highest BCUT2D eigenvalue weighted by molar-refractivity contribution is 5.87. The SMILES string of the molecule is Nc1ncnc2c1ncn2CC(=O)N1[C@@H]2C#C[C@@H]2C[C@H]1C(=O)O. The van der Waals surface area contributed by atoms with Gasteiger partial charge in [-0.2, -0.15) is 0 Å². The maximum atomic E-state index is 12.6. The number of hydrogen-bond donors (Lipinski definition) is 2. The summed E-state index contributed by atoms with van der Waals surface area (Å²) in [5.41, 5.74) is 6.57. The number of nitrogen functional groups attached to an aromatic ring is 1. The van der Waals surface area contributed by atoms with E-state index in [0.29, 0.717) is 17.6 Å². The third kappa shape index (κ3) is 1.92. The minimum Gasteiger partial charge on any atom is -0.480 e. The molecule has 3 atom stereocenters. The van der Waals surface area contributed by atoms with Crippen LogP contribution in [0.3, 0.4) is 0 Å². The molecule has 2 aromatic heterocycles. The van der Waals surface area contributed by atoms with Gasteiger partial charge in [-0.25, -0.2) is 19.7 Å². The van der Waals surface area contributed by atoms with Crippen molar-refractivity contribution < 1.29 is 14.7 Å². The normalized spacial score (nSPS) is 24.7. The Labute approximate surface area is 130 Å². The van der Waals surface area contributed by atoms with Crippen LogP contribution in [-0.2, 0) is 16.1 Å². The van der Waals surface area contributed by atoms with Crippen molar-refractivity contribution in [1.82, 2.24) is 24.4 Å². The van der Waals surface area contributed by atoms with Gasteiger partial charge in [0.15, 0.2) is 11.5 Å². The zero-order valence-electron chi connectivity index (χ0n) is 11.9. The molecule has 1 saturated heterocycles. The first-order chi connectivity index (χ1) is 11.1. The predicted molar refractivity (Wildman–Crippen MR) is 77.7 cm³/mol. The van der Waals surface area contributed by atoms with E-state index >= 15 is 0 Å². The second kappa shape index (κ2) is 4.67. The number of carboxylic acid groups (broad SMARTS) is 1. The molecule has 9 heteroatoms. The van der Waals surface area contributed by atoms with Crippen molar-refractivity contribution in [1.29, 1.82) is 0 Å². The molecule has 3 heterocycles. The van der Waals surface area contributed by atoms with E-state index in [2.05, 4.69) is 26.8 Å². The van der Waals surface area contributed by atoms with Gasteiger partial charge in [0.05, 0.1) is 12.2 Å². The van der Waals surface area contributed by atoms with E-state index in [9.17, 15) is 14.7 Å². The van der Waals surface area contributed by atoms with E-state index in [4.69, 9.17) is 5.73 Å². The average Bonchev–Trinajstić information content (AvgIpc) is 3.00. The molecule has 1 fully saturated rings. The lowest BCUT2D eigenvalue weighted by molar-refractivity contribution is -0.149. The highest BCUT2D eigenvalue weighted by atomic mass is 16.4. The monoisotopic (exact) mass is 312 g/mol. The number of aromatic nitrogens is 4. The molecule has 0 spiro atoms. The summed E-state index contributed by atoms with van der Waals surface area (Å²) in [6, 6.07) is -1.16. The summed E-state index contributed by atoms with van der Waals surface area (Å²) in [6.07, 6.45) is 3.12. The Morgan fingerprint density at radius 1 is 1.35 bits per heavy atom. The zero-order valence-corrected chi connectivity index (χ0v) is 11.9. The molecule has 9 nitrogen and oxygen atoms in total. The number of amides is 1. The van der Waals surface area contributed by atoms with Crippen LogP contribution in [-0.4, -0.2) is 53.5 Å². The van der Waals surface area contributed by atoms with E-state index < -0.39 is 12.0 Å². The van der Waals surface area contributed by atoms with Gasteiger partial charge in [-0.05, 0) is 6.42 Å². The topological polar surface area (TPSA) is 127 Å². The van der Waals surface area contributed by atoms with Crippen molar-refractivity contribution >= 4 is 28.9 Å². The Hall–Kier alpha value is -3.15. The van der Waals surface area contributed by atoms with Crippen LogP contribution in [0.5, 0.6) is 0 Å². The minimum absolute atomic E-state index is 0.0439. The maximum absolute atomic E-state index is 12.6. The van der Waals surface area contributed by atoms with Crippen molar-refractivity contribution in [2.45, 2.75) is 25.0 Å². The van der Waals surface area contributed by atoms with Crippen LogP contribution in [0.25, 0.3) is 11.2 Å². The molecular formula is C14H12N6O3. The van der Waals surface area contributed by atoms with Crippen LogP contribution >= 0.6 is 0 Å². The molecule has 1 aliphatic heterocycles. The van der Waals surface area contributed by atoms with Crippen molar-refractivity contribution in [2.75, 3.05) is 5.73 Å². The number of imidazole rings is 1. The lowest BCUT2D eigenvalue weighted by atomic mass is 9.92. The molecule has 0 bridgehead atoms. The Balaban J connectivity index is 1.63. The molecule has 4 rings (SSSR count). The van der Waals surface area contributed by atoms with E-state index in [1.807, 2.05) is 0 Å². The Morgan fingerprint density at radius 3 is 2.87 bits per heavy atom. The fourth-order valence-corrected chi connectivity index (χ4v) is 3.07. The number of carbonyl (C=O) groups is 2. The Kier molecular flexibility index (Phi) is 2.74. The maximum Gasteiger partial charge on any atom is 0.326 e. The fraction of sp³-hybridized carbons (Fsp3) is 0.357. The highest BCUT2D eigenvalue weighted by Crippen LogP contribution is 2.34. The van der Waals surface area contributed by atoms with Gasteiger partial charge in [0.1, 0.15) is 30.5 Å². The number of aliphatic carboxylic acids is 1. The van der Waals surface area contributed by atoms with Crippen molar-refractivity contribution in [2.24, 2.45) is 5.92 Å². The first kappa shape index (κ1) is 13.5. The van der Waals surface area contributed by atoms with Gasteiger partial charge in [-0.15, -0.1) is 0 Å². The van der Waals surface area contributed by atoms with Crippen LogP contribution in [0, 0.1) is 17.8 Å². The van der Waals surface area contributed by atoms with E-state index in [-0.39, 0.29) is 30.2 Å². The predicted octanol–water partition coefficient (Wildman–Crippen LogP) is -0.904. The third-order valence-electron chi connectivity index (χ3n) is 4.22. The molecule has 0 unspecified atom stereocenters. The van der Waals surface area contributed by atoms with Crippen molar-refractivity contribution in [3.63, 3.8) is 0 Å². The second-order valence-electron chi connectivity index (χ2n) is 5.53. The number of rotatable bonds is 3. The Bertz CT molecular complexity index is 895. The number of hydrogen-bond acceptors (Lipinski definition) is 6.